The number of para-hydroxylation sites is 2. The zero-order valence-corrected chi connectivity index (χ0v) is 15.8. The average Bonchev–Trinajstić information content (AvgIpc) is 3.00. The van der Waals surface area contributed by atoms with Gasteiger partial charge in [0, 0.05) is 23.1 Å². The Morgan fingerprint density at radius 2 is 2.08 bits per heavy atom. The maximum Gasteiger partial charge on any atom is 0.229 e. The highest BCUT2D eigenvalue weighted by molar-refractivity contribution is 9.10. The highest BCUT2D eigenvalue weighted by Gasteiger charge is 2.36. The van der Waals surface area contributed by atoms with E-state index in [1.807, 2.05) is 18.2 Å². The minimum atomic E-state index is -0.431. The van der Waals surface area contributed by atoms with Gasteiger partial charge in [0.25, 0.3) is 0 Å². The number of rotatable bonds is 4. The molecule has 0 radical (unpaired) electrons. The van der Waals surface area contributed by atoms with Gasteiger partial charge in [0.1, 0.15) is 5.75 Å². The summed E-state index contributed by atoms with van der Waals surface area (Å²) in [4.78, 5) is 26.5. The fraction of sp³-hybridized carbons (Fsp3) is 0.222. The van der Waals surface area contributed by atoms with Gasteiger partial charge < -0.3 is 15.0 Å². The number of halogens is 2. The van der Waals surface area contributed by atoms with Crippen molar-refractivity contribution in [2.24, 2.45) is 5.92 Å². The highest BCUT2D eigenvalue weighted by atomic mass is 79.9. The van der Waals surface area contributed by atoms with Crippen LogP contribution in [-0.4, -0.2) is 25.5 Å². The molecule has 0 aliphatic carbocycles. The normalized spacial score (nSPS) is 16.8. The van der Waals surface area contributed by atoms with Crippen LogP contribution in [-0.2, 0) is 9.59 Å². The Bertz CT molecular complexity index is 828. The first-order valence-electron chi connectivity index (χ1n) is 7.69. The number of amides is 2. The lowest BCUT2D eigenvalue weighted by Crippen LogP contribution is -2.28. The minimum absolute atomic E-state index is 0.0986. The van der Waals surface area contributed by atoms with Gasteiger partial charge >= 0.3 is 0 Å². The molecular formula is C18H16BrClN2O3. The number of benzene rings is 2. The first kappa shape index (κ1) is 17.8. The van der Waals surface area contributed by atoms with Crippen molar-refractivity contribution in [3.05, 3.63) is 52.0 Å². The molecule has 1 aliphatic rings. The Balaban J connectivity index is 1.73. The van der Waals surface area contributed by atoms with E-state index in [9.17, 15) is 9.59 Å². The molecular weight excluding hydrogens is 408 g/mol. The molecule has 0 spiro atoms. The van der Waals surface area contributed by atoms with Gasteiger partial charge in [-0.3, -0.25) is 9.59 Å². The standard InChI is InChI=1S/C18H16BrClN2O3/c1-25-16-5-3-2-4-15(16)22-10-11(8-17(22)23)18(24)21-12-6-7-13(19)14(20)9-12/h2-7,9,11H,8,10H2,1H3,(H,21,24)/t11-/m0/s1. The van der Waals surface area contributed by atoms with Crippen molar-refractivity contribution >= 4 is 50.7 Å². The average molecular weight is 424 g/mol. The summed E-state index contributed by atoms with van der Waals surface area (Å²) in [6.07, 6.45) is 0.161. The second-order valence-corrected chi connectivity index (χ2v) is 6.96. The summed E-state index contributed by atoms with van der Waals surface area (Å²) in [5.74, 6) is -0.126. The molecule has 0 bridgehead atoms. The van der Waals surface area contributed by atoms with E-state index in [0.717, 1.165) is 4.47 Å². The van der Waals surface area contributed by atoms with Gasteiger partial charge in [-0.2, -0.15) is 0 Å². The molecule has 1 heterocycles. The summed E-state index contributed by atoms with van der Waals surface area (Å²) in [6.45, 7) is 0.315. The highest BCUT2D eigenvalue weighted by Crippen LogP contribution is 2.33. The second-order valence-electron chi connectivity index (χ2n) is 5.70. The van der Waals surface area contributed by atoms with Gasteiger partial charge in [0.15, 0.2) is 0 Å². The first-order chi connectivity index (χ1) is 12.0. The van der Waals surface area contributed by atoms with E-state index in [2.05, 4.69) is 21.2 Å². The van der Waals surface area contributed by atoms with Crippen LogP contribution in [0.3, 0.4) is 0 Å². The Morgan fingerprint density at radius 3 is 2.80 bits per heavy atom. The topological polar surface area (TPSA) is 58.6 Å². The number of anilines is 2. The van der Waals surface area contributed by atoms with Crippen molar-refractivity contribution in [2.75, 3.05) is 23.9 Å². The summed E-state index contributed by atoms with van der Waals surface area (Å²) in [5, 5.41) is 3.33. The fourth-order valence-corrected chi connectivity index (χ4v) is 3.21. The van der Waals surface area contributed by atoms with Crippen LogP contribution in [0.1, 0.15) is 6.42 Å². The molecule has 2 aromatic carbocycles. The number of methoxy groups -OCH3 is 1. The van der Waals surface area contributed by atoms with Crippen LogP contribution in [0.5, 0.6) is 5.75 Å². The van der Waals surface area contributed by atoms with E-state index in [4.69, 9.17) is 16.3 Å². The van der Waals surface area contributed by atoms with Crippen molar-refractivity contribution in [3.8, 4) is 5.75 Å². The number of carbonyl (C=O) groups excluding carboxylic acids is 2. The molecule has 0 aromatic heterocycles. The molecule has 1 saturated heterocycles. The monoisotopic (exact) mass is 422 g/mol. The number of carbonyl (C=O) groups is 2. The van der Waals surface area contributed by atoms with Crippen LogP contribution in [0.4, 0.5) is 11.4 Å². The number of hydrogen-bond donors (Lipinski definition) is 1. The summed E-state index contributed by atoms with van der Waals surface area (Å²) >= 11 is 9.35. The summed E-state index contributed by atoms with van der Waals surface area (Å²) < 4.78 is 6.06. The zero-order valence-electron chi connectivity index (χ0n) is 13.5. The molecule has 130 valence electrons. The minimum Gasteiger partial charge on any atom is -0.495 e. The molecule has 1 N–H and O–H groups in total. The molecule has 2 amide bonds. The number of nitrogens with zero attached hydrogens (tertiary/aromatic N) is 1. The van der Waals surface area contributed by atoms with E-state index < -0.39 is 5.92 Å². The van der Waals surface area contributed by atoms with Crippen molar-refractivity contribution < 1.29 is 14.3 Å². The smallest absolute Gasteiger partial charge is 0.229 e. The Hall–Kier alpha value is -2.05. The molecule has 1 aliphatic heterocycles. The van der Waals surface area contributed by atoms with E-state index in [1.54, 1.807) is 36.3 Å². The third kappa shape index (κ3) is 3.80. The van der Waals surface area contributed by atoms with E-state index in [1.165, 1.54) is 0 Å². The third-order valence-corrected chi connectivity index (χ3v) is 5.29. The van der Waals surface area contributed by atoms with E-state index in [-0.39, 0.29) is 18.2 Å². The summed E-state index contributed by atoms with van der Waals surface area (Å²) in [5.41, 5.74) is 1.28. The molecule has 1 fully saturated rings. The summed E-state index contributed by atoms with van der Waals surface area (Å²) in [6, 6.07) is 12.5. The quantitative estimate of drug-likeness (QED) is 0.805. The van der Waals surface area contributed by atoms with Crippen molar-refractivity contribution in [1.82, 2.24) is 0 Å². The maximum atomic E-state index is 12.5. The Labute approximate surface area is 159 Å². The van der Waals surface area contributed by atoms with Crippen LogP contribution in [0.15, 0.2) is 46.9 Å². The van der Waals surface area contributed by atoms with Gasteiger partial charge in [-0.1, -0.05) is 23.7 Å². The Kier molecular flexibility index (Phi) is 5.30. The number of ether oxygens (including phenoxy) is 1. The molecule has 3 rings (SSSR count). The summed E-state index contributed by atoms with van der Waals surface area (Å²) in [7, 11) is 1.56. The van der Waals surface area contributed by atoms with Crippen LogP contribution < -0.4 is 15.0 Å². The fourth-order valence-electron chi connectivity index (χ4n) is 2.79. The van der Waals surface area contributed by atoms with Gasteiger partial charge in [-0.15, -0.1) is 0 Å². The predicted octanol–water partition coefficient (Wildman–Crippen LogP) is 4.10. The molecule has 5 nitrogen and oxygen atoms in total. The lowest BCUT2D eigenvalue weighted by Gasteiger charge is -2.19. The van der Waals surface area contributed by atoms with Gasteiger partial charge in [0.05, 0.1) is 23.7 Å². The second kappa shape index (κ2) is 7.45. The largest absolute Gasteiger partial charge is 0.495 e. The number of nitrogens with one attached hydrogen (secondary N) is 1. The molecule has 0 saturated carbocycles. The third-order valence-electron chi connectivity index (χ3n) is 4.06. The van der Waals surface area contributed by atoms with Crippen LogP contribution in [0, 0.1) is 5.92 Å². The van der Waals surface area contributed by atoms with Gasteiger partial charge in [-0.05, 0) is 46.3 Å². The van der Waals surface area contributed by atoms with Crippen molar-refractivity contribution in [1.29, 1.82) is 0 Å². The van der Waals surface area contributed by atoms with Gasteiger partial charge in [-0.25, -0.2) is 0 Å². The molecule has 7 heteroatoms. The Morgan fingerprint density at radius 1 is 1.32 bits per heavy atom. The van der Waals surface area contributed by atoms with Crippen molar-refractivity contribution in [3.63, 3.8) is 0 Å². The predicted molar refractivity (Wildman–Crippen MR) is 101 cm³/mol. The first-order valence-corrected chi connectivity index (χ1v) is 8.86. The molecule has 1 atom stereocenters. The molecule has 2 aromatic rings. The lowest BCUT2D eigenvalue weighted by molar-refractivity contribution is -0.122. The van der Waals surface area contributed by atoms with Crippen LogP contribution in [0.2, 0.25) is 5.02 Å². The molecule has 25 heavy (non-hydrogen) atoms. The van der Waals surface area contributed by atoms with E-state index >= 15 is 0 Å². The van der Waals surface area contributed by atoms with Crippen LogP contribution in [0.25, 0.3) is 0 Å². The van der Waals surface area contributed by atoms with E-state index in [0.29, 0.717) is 28.7 Å². The van der Waals surface area contributed by atoms with Gasteiger partial charge in [0.2, 0.25) is 11.8 Å². The van der Waals surface area contributed by atoms with Crippen molar-refractivity contribution in [2.45, 2.75) is 6.42 Å². The lowest BCUT2D eigenvalue weighted by atomic mass is 10.1. The number of hydrogen-bond acceptors (Lipinski definition) is 3. The van der Waals surface area contributed by atoms with Crippen LogP contribution >= 0.6 is 27.5 Å². The maximum absolute atomic E-state index is 12.5. The SMILES string of the molecule is COc1ccccc1N1C[C@@H](C(=O)Nc2ccc(Br)c(Cl)c2)CC1=O. The zero-order chi connectivity index (χ0) is 18.0. The molecule has 0 unspecified atom stereocenters.